The van der Waals surface area contributed by atoms with Crippen molar-refractivity contribution in [3.63, 3.8) is 0 Å². The second-order valence-electron chi connectivity index (χ2n) is 24.9. The molecule has 0 unspecified atom stereocenters. The number of para-hydroxylation sites is 5. The number of anilines is 12. The fraction of sp³-hybridized carbons (Fsp3) is 0.0222. The predicted octanol–water partition coefficient (Wildman–Crippen LogP) is 27.2. The number of fused-ring (bicyclic) bond motifs is 14. The summed E-state index contributed by atoms with van der Waals surface area (Å²) in [5, 5.41) is 14.7. The Hall–Kier alpha value is -11.8. The van der Waals surface area contributed by atoms with Crippen molar-refractivity contribution in [2.45, 2.75) is 13.8 Å². The summed E-state index contributed by atoms with van der Waals surface area (Å²) < 4.78 is 4.91. The Morgan fingerprint density at radius 2 is 0.469 bits per heavy atom. The van der Waals surface area contributed by atoms with Gasteiger partial charge in [0.15, 0.2) is 0 Å². The van der Waals surface area contributed by atoms with E-state index in [0.717, 1.165) is 79.4 Å². The van der Waals surface area contributed by atoms with E-state index in [-0.39, 0.29) is 0 Å². The summed E-state index contributed by atoms with van der Waals surface area (Å²) in [6, 6.07) is 125. The summed E-state index contributed by atoms with van der Waals surface area (Å²) in [7, 11) is 0. The number of hydrogen-bond donors (Lipinski definition) is 0. The molecule has 0 N–H and O–H groups in total. The highest BCUT2D eigenvalue weighted by Gasteiger charge is 2.29. The molecular weight excluding hydrogens is 1200 g/mol. The molecule has 16 aromatic carbocycles. The van der Waals surface area contributed by atoms with Gasteiger partial charge in [0, 0.05) is 67.0 Å². The van der Waals surface area contributed by atoms with Crippen molar-refractivity contribution >= 4 is 174 Å². The summed E-state index contributed by atoms with van der Waals surface area (Å²) in [4.78, 5) is 9.86. The van der Waals surface area contributed by atoms with Crippen LogP contribution in [0.25, 0.3) is 94.6 Å². The molecule has 0 aliphatic rings. The molecule has 0 spiro atoms. The van der Waals surface area contributed by atoms with Gasteiger partial charge in [-0.15, -0.1) is 22.7 Å². The van der Waals surface area contributed by atoms with Gasteiger partial charge in [-0.1, -0.05) is 212 Å². The third kappa shape index (κ3) is 9.71. The number of aryl methyl sites for hydroxylation is 2. The van der Waals surface area contributed by atoms with Gasteiger partial charge in [0.2, 0.25) is 0 Å². The number of rotatable bonds is 13. The Labute approximate surface area is 565 Å². The molecular formula is C90H62N4S2. The lowest BCUT2D eigenvalue weighted by molar-refractivity contribution is 1.29. The molecule has 18 rings (SSSR count). The number of hydrogen-bond acceptors (Lipinski definition) is 6. The van der Waals surface area contributed by atoms with Crippen LogP contribution in [-0.2, 0) is 0 Å². The first kappa shape index (κ1) is 56.9. The van der Waals surface area contributed by atoms with E-state index in [4.69, 9.17) is 0 Å². The zero-order valence-electron chi connectivity index (χ0n) is 52.9. The van der Waals surface area contributed by atoms with Crippen LogP contribution in [0.5, 0.6) is 0 Å². The van der Waals surface area contributed by atoms with E-state index in [9.17, 15) is 0 Å². The quantitative estimate of drug-likeness (QED) is 0.114. The summed E-state index contributed by atoms with van der Waals surface area (Å²) >= 11 is 3.80. The van der Waals surface area contributed by atoms with Crippen LogP contribution in [0.4, 0.5) is 68.2 Å². The Kier molecular flexibility index (Phi) is 14.0. The van der Waals surface area contributed by atoms with Crippen molar-refractivity contribution < 1.29 is 0 Å². The average molecular weight is 1260 g/mol. The lowest BCUT2D eigenvalue weighted by atomic mass is 9.94. The summed E-state index contributed by atoms with van der Waals surface area (Å²) in [6.45, 7) is 4.38. The van der Waals surface area contributed by atoms with Crippen molar-refractivity contribution in [2.24, 2.45) is 0 Å². The van der Waals surface area contributed by atoms with Gasteiger partial charge in [0.05, 0.1) is 41.5 Å². The van der Waals surface area contributed by atoms with Gasteiger partial charge in [-0.3, -0.25) is 0 Å². The minimum absolute atomic E-state index is 1.08. The van der Waals surface area contributed by atoms with Gasteiger partial charge < -0.3 is 19.6 Å². The zero-order valence-corrected chi connectivity index (χ0v) is 54.6. The van der Waals surface area contributed by atoms with Crippen molar-refractivity contribution in [2.75, 3.05) is 19.6 Å². The van der Waals surface area contributed by atoms with Crippen LogP contribution in [0.1, 0.15) is 11.1 Å². The second kappa shape index (κ2) is 23.6. The monoisotopic (exact) mass is 1260 g/mol. The maximum atomic E-state index is 2.50. The highest BCUT2D eigenvalue weighted by Crippen LogP contribution is 2.56. The molecule has 0 bridgehead atoms. The fourth-order valence-corrected chi connectivity index (χ4v) is 17.4. The van der Waals surface area contributed by atoms with Crippen LogP contribution < -0.4 is 19.6 Å². The molecule has 0 aliphatic heterocycles. The lowest BCUT2D eigenvalue weighted by Gasteiger charge is -2.27. The molecule has 0 aliphatic carbocycles. The molecule has 18 aromatic rings. The molecule has 0 fully saturated rings. The van der Waals surface area contributed by atoms with E-state index in [0.29, 0.717) is 0 Å². The van der Waals surface area contributed by atoms with Crippen LogP contribution in [0.2, 0.25) is 0 Å². The Bertz CT molecular complexity index is 5910. The van der Waals surface area contributed by atoms with E-state index >= 15 is 0 Å². The van der Waals surface area contributed by atoms with Crippen LogP contribution in [0, 0.1) is 13.8 Å². The highest BCUT2D eigenvalue weighted by molar-refractivity contribution is 7.28. The largest absolute Gasteiger partial charge is 0.309 e. The van der Waals surface area contributed by atoms with Gasteiger partial charge in [0.25, 0.3) is 0 Å². The SMILES string of the molecule is Cc1cccc(N(c2ccccc2)c2cc3ccccc3c3c2sc2c(N(c4ccc(-c5ccc6cc(N(c7ccccc7)c7ccccc7)c7sc8c(N(c9ccccc9)c9ccccc9)cc9ccccc9c8c7c6c5)cc4)c4cccc(C)c4)cc4ccccc4c23)c1. The van der Waals surface area contributed by atoms with Crippen molar-refractivity contribution in [3.05, 3.63) is 351 Å². The highest BCUT2D eigenvalue weighted by atomic mass is 32.1. The fourth-order valence-electron chi connectivity index (χ4n) is 14.7. The topological polar surface area (TPSA) is 13.0 Å². The van der Waals surface area contributed by atoms with Gasteiger partial charge in [0.1, 0.15) is 0 Å². The number of benzene rings is 16. The smallest absolute Gasteiger partial charge is 0.0646 e. The first-order chi connectivity index (χ1) is 47.5. The minimum atomic E-state index is 1.08. The Morgan fingerprint density at radius 3 is 0.812 bits per heavy atom. The van der Waals surface area contributed by atoms with E-state index in [1.165, 1.54) is 94.6 Å². The molecule has 0 amide bonds. The Morgan fingerprint density at radius 1 is 0.198 bits per heavy atom. The average Bonchev–Trinajstić information content (AvgIpc) is 1.54. The van der Waals surface area contributed by atoms with Gasteiger partial charge in [-0.05, 0) is 207 Å². The van der Waals surface area contributed by atoms with E-state index in [1.807, 2.05) is 22.7 Å². The molecule has 0 saturated heterocycles. The maximum Gasteiger partial charge on any atom is 0.0646 e. The molecule has 96 heavy (non-hydrogen) atoms. The standard InChI is InChI=1S/C90H62N4S2/c1-59-26-24-41-73(52-59)93(71-39-16-7-17-40-71)81-56-64-29-18-21-43-75(64)83-84-76-44-22-19-30-65(76)57-82(89(84)95-88(81)83)94(74-42-25-27-60(2)53-74)72-50-48-61(49-51-72)62-46-47-66-58-80(92(69-35-12-5-13-36-69)70-37-14-6-15-38-70)90-86(78(66)54-62)85-77-45-23-20-28-63(77)55-79(87(85)96-90)91(67-31-8-3-9-32-67)68-33-10-4-11-34-68/h3-58H,1-2H3. The molecule has 2 heterocycles. The van der Waals surface area contributed by atoms with E-state index in [2.05, 4.69) is 373 Å². The van der Waals surface area contributed by atoms with Gasteiger partial charge in [-0.2, -0.15) is 0 Å². The van der Waals surface area contributed by atoms with Crippen molar-refractivity contribution in [3.8, 4) is 11.1 Å². The first-order valence-corrected chi connectivity index (χ1v) is 34.4. The molecule has 2 aromatic heterocycles. The van der Waals surface area contributed by atoms with Crippen LogP contribution in [0.3, 0.4) is 0 Å². The third-order valence-corrected chi connectivity index (χ3v) is 21.4. The predicted molar refractivity (Wildman–Crippen MR) is 416 cm³/mol. The van der Waals surface area contributed by atoms with Gasteiger partial charge in [-0.25, -0.2) is 0 Å². The Balaban J connectivity index is 0.861. The normalized spacial score (nSPS) is 11.6. The van der Waals surface area contributed by atoms with Crippen molar-refractivity contribution in [1.29, 1.82) is 0 Å². The van der Waals surface area contributed by atoms with E-state index < -0.39 is 0 Å². The number of nitrogens with zero attached hydrogens (tertiary/aromatic N) is 4. The molecule has 454 valence electrons. The van der Waals surface area contributed by atoms with E-state index in [1.54, 1.807) is 0 Å². The zero-order chi connectivity index (χ0) is 63.8. The molecule has 0 atom stereocenters. The van der Waals surface area contributed by atoms with Crippen molar-refractivity contribution in [1.82, 2.24) is 0 Å². The molecule has 6 heteroatoms. The van der Waals surface area contributed by atoms with Crippen LogP contribution >= 0.6 is 22.7 Å². The molecule has 0 saturated carbocycles. The van der Waals surface area contributed by atoms with Gasteiger partial charge >= 0.3 is 0 Å². The number of thiophene rings is 2. The van der Waals surface area contributed by atoms with Crippen LogP contribution in [-0.4, -0.2) is 0 Å². The summed E-state index contributed by atoms with van der Waals surface area (Å²) in [5.74, 6) is 0. The summed E-state index contributed by atoms with van der Waals surface area (Å²) in [6.07, 6.45) is 0. The maximum absolute atomic E-state index is 2.50. The first-order valence-electron chi connectivity index (χ1n) is 32.8. The minimum Gasteiger partial charge on any atom is -0.309 e. The second-order valence-corrected chi connectivity index (χ2v) is 27.0. The third-order valence-electron chi connectivity index (χ3n) is 18.9. The van der Waals surface area contributed by atoms with Crippen LogP contribution in [0.15, 0.2) is 340 Å². The lowest BCUT2D eigenvalue weighted by Crippen LogP contribution is -2.10. The summed E-state index contributed by atoms with van der Waals surface area (Å²) in [5.41, 5.74) is 18.1. The molecule has 4 nitrogen and oxygen atoms in total. The molecule has 0 radical (unpaired) electrons.